The molecule has 2 heterocycles. The minimum atomic E-state index is -0.0701. The van der Waals surface area contributed by atoms with Crippen LogP contribution >= 0.6 is 0 Å². The van der Waals surface area contributed by atoms with Crippen LogP contribution in [0.25, 0.3) is 0 Å². The molecule has 148 valence electrons. The van der Waals surface area contributed by atoms with Gasteiger partial charge in [-0.15, -0.1) is 0 Å². The summed E-state index contributed by atoms with van der Waals surface area (Å²) >= 11 is 0. The van der Waals surface area contributed by atoms with Crippen LogP contribution in [-0.2, 0) is 9.53 Å². The molecular weight excluding hydrogens is 334 g/mol. The van der Waals surface area contributed by atoms with E-state index in [-0.39, 0.29) is 18.0 Å². The molecule has 3 atom stereocenters. The average molecular weight is 371 g/mol. The van der Waals surface area contributed by atoms with Crippen LogP contribution in [0.4, 0.5) is 0 Å². The Morgan fingerprint density at radius 3 is 2.15 bits per heavy atom. The van der Waals surface area contributed by atoms with Crippen molar-refractivity contribution in [1.82, 2.24) is 0 Å². The van der Waals surface area contributed by atoms with Gasteiger partial charge in [-0.1, -0.05) is 43.2 Å². The number of fused-ring (bicyclic) bond motifs is 2. The molecule has 2 saturated heterocycles. The molecule has 2 bridgehead atoms. The zero-order valence-electron chi connectivity index (χ0n) is 17.3. The van der Waals surface area contributed by atoms with Gasteiger partial charge < -0.3 is 9.22 Å². The van der Waals surface area contributed by atoms with Gasteiger partial charge in [0.2, 0.25) is 0 Å². The highest BCUT2D eigenvalue weighted by Crippen LogP contribution is 2.45. The number of hydrogen-bond acceptors (Lipinski definition) is 2. The molecule has 3 aliphatic rings. The van der Waals surface area contributed by atoms with Crippen molar-refractivity contribution in [3.63, 3.8) is 0 Å². The Bertz CT molecular complexity index is 636. The van der Waals surface area contributed by atoms with E-state index in [0.29, 0.717) is 24.0 Å². The van der Waals surface area contributed by atoms with Crippen molar-refractivity contribution in [3.05, 3.63) is 35.9 Å². The quantitative estimate of drug-likeness (QED) is 0.535. The van der Waals surface area contributed by atoms with Gasteiger partial charge in [-0.05, 0) is 38.2 Å². The van der Waals surface area contributed by atoms with Gasteiger partial charge in [0.1, 0.15) is 6.10 Å². The minimum Gasteiger partial charge on any atom is -0.461 e. The number of nitrogens with zero attached hydrogens (tertiary/aromatic N) is 1. The van der Waals surface area contributed by atoms with Crippen LogP contribution in [0.3, 0.4) is 0 Å². The fraction of sp³-hybridized carbons (Fsp3) is 0.708. The maximum Gasteiger partial charge on any atom is 0.313 e. The molecule has 1 aliphatic carbocycles. The normalized spacial score (nSPS) is 34.7. The van der Waals surface area contributed by atoms with E-state index in [4.69, 9.17) is 4.74 Å². The Balaban J connectivity index is 1.48. The molecule has 0 radical (unpaired) electrons. The van der Waals surface area contributed by atoms with Crippen molar-refractivity contribution in [1.29, 1.82) is 0 Å². The van der Waals surface area contributed by atoms with E-state index < -0.39 is 0 Å². The molecule has 1 unspecified atom stereocenters. The fourth-order valence-electron chi connectivity index (χ4n) is 6.36. The number of esters is 1. The van der Waals surface area contributed by atoms with Crippen LogP contribution in [0, 0.1) is 5.92 Å². The Hall–Kier alpha value is -1.35. The number of piperidine rings is 1. The van der Waals surface area contributed by atoms with E-state index in [0.717, 1.165) is 31.2 Å². The lowest BCUT2D eigenvalue weighted by molar-refractivity contribution is -0.968. The van der Waals surface area contributed by atoms with Crippen LogP contribution in [0.1, 0.15) is 76.7 Å². The third-order valence-electron chi connectivity index (χ3n) is 8.16. The summed E-state index contributed by atoms with van der Waals surface area (Å²) in [5, 5.41) is 0. The smallest absolute Gasteiger partial charge is 0.313 e. The molecule has 4 rings (SSSR count). The predicted molar refractivity (Wildman–Crippen MR) is 108 cm³/mol. The van der Waals surface area contributed by atoms with Crippen LogP contribution in [-0.4, -0.2) is 41.7 Å². The molecule has 27 heavy (non-hydrogen) atoms. The summed E-state index contributed by atoms with van der Waals surface area (Å²) in [5.41, 5.74) is 1.15. The van der Waals surface area contributed by atoms with Crippen molar-refractivity contribution >= 4 is 5.97 Å². The lowest BCUT2D eigenvalue weighted by Gasteiger charge is -2.49. The highest BCUT2D eigenvalue weighted by atomic mass is 16.5. The third-order valence-corrected chi connectivity index (χ3v) is 8.16. The van der Waals surface area contributed by atoms with Crippen molar-refractivity contribution < 1.29 is 14.0 Å². The largest absolute Gasteiger partial charge is 0.461 e. The van der Waals surface area contributed by atoms with Crippen molar-refractivity contribution in [2.45, 2.75) is 95.4 Å². The predicted octanol–water partition coefficient (Wildman–Crippen LogP) is 5.05. The first-order chi connectivity index (χ1) is 13.0. The van der Waals surface area contributed by atoms with Gasteiger partial charge in [0.05, 0.1) is 31.1 Å². The number of rotatable bonds is 5. The summed E-state index contributed by atoms with van der Waals surface area (Å²) in [6, 6.07) is 12.3. The Morgan fingerprint density at radius 2 is 1.59 bits per heavy atom. The van der Waals surface area contributed by atoms with Gasteiger partial charge in [-0.2, -0.15) is 0 Å². The summed E-state index contributed by atoms with van der Waals surface area (Å²) in [6.07, 6.45) is 9.60. The summed E-state index contributed by atoms with van der Waals surface area (Å²) in [6.45, 7) is 4.70. The van der Waals surface area contributed by atoms with E-state index >= 15 is 0 Å². The number of carbonyl (C=O) groups excluding carboxylic acids is 1. The van der Waals surface area contributed by atoms with Crippen LogP contribution in [0.5, 0.6) is 0 Å². The molecule has 0 N–H and O–H groups in total. The van der Waals surface area contributed by atoms with E-state index in [9.17, 15) is 4.79 Å². The second-order valence-corrected chi connectivity index (χ2v) is 9.66. The lowest BCUT2D eigenvalue weighted by Crippen LogP contribution is -2.62. The summed E-state index contributed by atoms with van der Waals surface area (Å²) < 4.78 is 7.40. The van der Waals surface area contributed by atoms with Crippen molar-refractivity contribution in [3.8, 4) is 0 Å². The fourth-order valence-corrected chi connectivity index (χ4v) is 6.36. The first-order valence-corrected chi connectivity index (χ1v) is 11.1. The minimum absolute atomic E-state index is 0.0400. The second-order valence-electron chi connectivity index (χ2n) is 9.66. The molecule has 1 aromatic rings. The van der Waals surface area contributed by atoms with Gasteiger partial charge in [0.25, 0.3) is 0 Å². The van der Waals surface area contributed by atoms with Gasteiger partial charge in [0.15, 0.2) is 0 Å². The third kappa shape index (κ3) is 3.44. The van der Waals surface area contributed by atoms with Gasteiger partial charge >= 0.3 is 5.97 Å². The Labute approximate surface area is 164 Å². The van der Waals surface area contributed by atoms with E-state index in [1.807, 2.05) is 6.07 Å². The van der Waals surface area contributed by atoms with Gasteiger partial charge in [-0.25, -0.2) is 0 Å². The number of carbonyl (C=O) groups is 1. The first-order valence-electron chi connectivity index (χ1n) is 11.1. The van der Waals surface area contributed by atoms with Crippen molar-refractivity contribution in [2.75, 3.05) is 7.05 Å². The summed E-state index contributed by atoms with van der Waals surface area (Å²) in [4.78, 5) is 13.3. The van der Waals surface area contributed by atoms with Crippen LogP contribution < -0.4 is 0 Å². The second kappa shape index (κ2) is 7.58. The standard InChI is InChI=1S/C24H36NO2/c1-17(2)25(3)20-13-14-21(25)16-22(15-20)27-24(26)23(19-11-7-8-12-19)18-9-5-4-6-10-18/h4-6,9-10,17,19-23H,7-8,11-16H2,1-3H3/q+1/t20-,21-,22?,23?,25?/m1/s1. The Morgan fingerprint density at radius 1 is 1.00 bits per heavy atom. The number of hydrogen-bond donors (Lipinski definition) is 0. The molecule has 0 spiro atoms. The molecule has 0 aromatic heterocycles. The topological polar surface area (TPSA) is 26.3 Å². The SMILES string of the molecule is CC(C)[N+]1(C)[C@@H]2CC[C@@H]1CC(OC(=O)C(c1ccccc1)C1CCCC1)C2. The van der Waals surface area contributed by atoms with Crippen molar-refractivity contribution in [2.24, 2.45) is 5.92 Å². The molecule has 1 saturated carbocycles. The monoisotopic (exact) mass is 370 g/mol. The molecule has 2 aliphatic heterocycles. The molecule has 3 fully saturated rings. The average Bonchev–Trinajstić information content (AvgIpc) is 3.21. The summed E-state index contributed by atoms with van der Waals surface area (Å²) in [7, 11) is 2.43. The molecule has 3 heteroatoms. The highest BCUT2D eigenvalue weighted by molar-refractivity contribution is 5.78. The van der Waals surface area contributed by atoms with Gasteiger partial charge in [0, 0.05) is 25.7 Å². The molecule has 1 aromatic carbocycles. The zero-order valence-corrected chi connectivity index (χ0v) is 17.3. The van der Waals surface area contributed by atoms with E-state index in [1.54, 1.807) is 0 Å². The van der Waals surface area contributed by atoms with E-state index in [1.165, 1.54) is 30.2 Å². The maximum atomic E-state index is 13.3. The molecule has 0 amide bonds. The summed E-state index contributed by atoms with van der Waals surface area (Å²) in [5.74, 6) is 0.425. The Kier molecular flexibility index (Phi) is 5.33. The molecule has 3 nitrogen and oxygen atoms in total. The number of benzene rings is 1. The lowest BCUT2D eigenvalue weighted by atomic mass is 9.84. The zero-order chi connectivity index (χ0) is 19.0. The number of quaternary nitrogens is 1. The highest BCUT2D eigenvalue weighted by Gasteiger charge is 2.54. The number of ether oxygens (including phenoxy) is 1. The van der Waals surface area contributed by atoms with Crippen LogP contribution in [0.2, 0.25) is 0 Å². The van der Waals surface area contributed by atoms with Gasteiger partial charge in [-0.3, -0.25) is 4.79 Å². The van der Waals surface area contributed by atoms with Crippen LogP contribution in [0.15, 0.2) is 30.3 Å². The first kappa shape index (κ1) is 19.0. The molecular formula is C24H36NO2+. The maximum absolute atomic E-state index is 13.3. The van der Waals surface area contributed by atoms with E-state index in [2.05, 4.69) is 45.2 Å².